The highest BCUT2D eigenvalue weighted by Gasteiger charge is 2.79. The lowest BCUT2D eigenvalue weighted by Crippen LogP contribution is -2.67. The molecule has 0 aromatic carbocycles. The Morgan fingerprint density at radius 3 is 1.98 bits per heavy atom. The lowest BCUT2D eigenvalue weighted by molar-refractivity contribution is -0.399. The van der Waals surface area contributed by atoms with Crippen molar-refractivity contribution < 1.29 is 139 Å². The van der Waals surface area contributed by atoms with Gasteiger partial charge in [0.1, 0.15) is 109 Å². The number of hydrogen-bond donors (Lipinski definition) is 11. The Hall–Kier alpha value is -2.29. The third-order valence-electron chi connectivity index (χ3n) is 22.1. The van der Waals surface area contributed by atoms with E-state index in [-0.39, 0.29) is 29.1 Å². The van der Waals surface area contributed by atoms with E-state index >= 15 is 0 Å². The van der Waals surface area contributed by atoms with Crippen LogP contribution in [0, 0.1) is 45.3 Å². The van der Waals surface area contributed by atoms with E-state index in [1.165, 1.54) is 26.5 Å². The summed E-state index contributed by atoms with van der Waals surface area (Å²) in [5, 5.41) is 111. The zero-order valence-electron chi connectivity index (χ0n) is 52.6. The molecule has 0 unspecified atom stereocenters. The second-order valence-electron chi connectivity index (χ2n) is 28.4. The number of fused-ring (bicyclic) bond motifs is 4. The van der Waals surface area contributed by atoms with Crippen molar-refractivity contribution in [3.05, 3.63) is 11.6 Å². The maximum absolute atomic E-state index is 14.8. The minimum atomic E-state index is -5.26. The zero-order chi connectivity index (χ0) is 65.7. The predicted molar refractivity (Wildman–Crippen MR) is 302 cm³/mol. The van der Waals surface area contributed by atoms with Crippen LogP contribution < -0.4 is 0 Å². The number of hydrogen-bond acceptors (Lipinski definition) is 28. The number of cyclic esters (lactones) is 1. The summed E-state index contributed by atoms with van der Waals surface area (Å²) in [7, 11) is -4.06. The quantitative estimate of drug-likeness (QED) is 0.0427. The summed E-state index contributed by atoms with van der Waals surface area (Å²) in [4.78, 5) is 27.6. The average molecular weight is 1310 g/mol. The molecular formula is C60H96O29S. The topological polar surface area (TPSA) is 420 Å². The highest BCUT2D eigenvalue weighted by molar-refractivity contribution is 7.80. The molecular weight excluding hydrogens is 1220 g/mol. The van der Waals surface area contributed by atoms with E-state index < -0.39 is 212 Å². The van der Waals surface area contributed by atoms with Gasteiger partial charge in [0.15, 0.2) is 31.5 Å². The van der Waals surface area contributed by atoms with Gasteiger partial charge in [0.2, 0.25) is 0 Å². The molecule has 6 saturated heterocycles. The fourth-order valence-corrected chi connectivity index (χ4v) is 18.2. The minimum Gasteiger partial charge on any atom is -0.462 e. The Kier molecular flexibility index (Phi) is 20.8. The van der Waals surface area contributed by atoms with E-state index in [1.54, 1.807) is 0 Å². The largest absolute Gasteiger partial charge is 0.462 e. The summed E-state index contributed by atoms with van der Waals surface area (Å²) in [6, 6.07) is 0. The van der Waals surface area contributed by atoms with Crippen molar-refractivity contribution in [1.29, 1.82) is 0 Å². The van der Waals surface area contributed by atoms with Crippen LogP contribution in [0.4, 0.5) is 0 Å². The average Bonchev–Trinajstić information content (AvgIpc) is 1.45. The van der Waals surface area contributed by atoms with Gasteiger partial charge in [0.05, 0.1) is 50.0 Å². The molecule has 10 aliphatic rings. The van der Waals surface area contributed by atoms with Gasteiger partial charge >= 0.3 is 22.3 Å². The van der Waals surface area contributed by atoms with Gasteiger partial charge in [-0.25, -0.2) is 4.18 Å². The third-order valence-corrected chi connectivity index (χ3v) is 22.6. The number of rotatable bonds is 19. The SMILES string of the molecule is CO[C@H]1[C@H](O)[C@@H](O[C@@H]2[C@@H](O)[C@H](O[C@H]3[C@H](O)[C@@H](O[C@@H]4OC[C@@H](O)[C@H](O)[C@H]4O)[C@H](O[C@H]4[C@H](O[C@H]5CC[C@]6(C)[C@@H]7CC[C@@]89C(=O)O[C@@](C)(CCCC(C)C)[C@H]8[C@@H](OC(C)=O)C[C@@]9(C)C7=CC[C@@H]6C5(C)C)OC[C@@H](OS(=O)(=O)O)[C@@H]4O)O[C@@H]3C)OC[C@H]2O)O[C@@H](CO)[C@@H]1O. The monoisotopic (exact) mass is 1310 g/mol. The number of carbonyl (C=O) groups is 2. The molecule has 6 aliphatic heterocycles. The molecule has 6 heterocycles. The maximum Gasteiger partial charge on any atom is 0.397 e. The molecule has 3 saturated carbocycles. The number of ether oxygens (including phenoxy) is 13. The van der Waals surface area contributed by atoms with Gasteiger partial charge in [-0.05, 0) is 93.8 Å². The minimum absolute atomic E-state index is 0.00396. The highest BCUT2D eigenvalue weighted by Crippen LogP contribution is 2.77. The second kappa shape index (κ2) is 26.6. The molecule has 9 fully saturated rings. The van der Waals surface area contributed by atoms with Crippen LogP contribution in [-0.4, -0.2) is 263 Å². The van der Waals surface area contributed by atoms with Crippen molar-refractivity contribution in [2.24, 2.45) is 45.3 Å². The van der Waals surface area contributed by atoms with Gasteiger partial charge in [-0.2, -0.15) is 8.42 Å². The molecule has 0 bridgehead atoms. The van der Waals surface area contributed by atoms with E-state index in [4.69, 9.17) is 65.8 Å². The number of esters is 2. The van der Waals surface area contributed by atoms with E-state index in [9.17, 15) is 73.6 Å². The Labute approximate surface area is 523 Å². The second-order valence-corrected chi connectivity index (χ2v) is 29.5. The lowest BCUT2D eigenvalue weighted by Gasteiger charge is -2.64. The number of allylic oxidation sites excluding steroid dienone is 2. The van der Waals surface area contributed by atoms with Gasteiger partial charge < -0.3 is 113 Å². The number of aliphatic hydroxyl groups excluding tert-OH is 10. The van der Waals surface area contributed by atoms with E-state index in [1.807, 2.05) is 6.92 Å². The van der Waals surface area contributed by atoms with Crippen LogP contribution in [0.15, 0.2) is 11.6 Å². The fraction of sp³-hybridized carbons (Fsp3) is 0.933. The summed E-state index contributed by atoms with van der Waals surface area (Å²) < 4.78 is 118. The first kappa shape index (κ1) is 70.5. The van der Waals surface area contributed by atoms with Gasteiger partial charge in [-0.15, -0.1) is 0 Å². The van der Waals surface area contributed by atoms with Gasteiger partial charge in [0, 0.05) is 19.4 Å². The standard InChI is InChI=1S/C60H96O29S/c1-25(2)12-11-17-59(9)49-32(81-27(4)62)20-58(8)29-13-14-35-56(5,6)36(16-18-57(35,7)28(29)15-19-60(49,58)55(72)88-59)83-53-47(39(67)34(24-79-53)89-90(73,74)75)87-54-48(86-50-40(68)37(65)30(63)22-77-50)41(69)44(26(3)80-54)84-51-42(70)45(31(64)23-78-51)85-52-43(71)46(76-10)38(66)33(21-61)82-52/h13,25-26,28,30-54,61,63-71H,11-12,14-24H2,1-10H3,(H,73,74,75)/t26-,28-,30-,31-,32+,33+,34-,35-,36+,37+,38+,39+,40-,41+,42-,43+,44-,45+,46-,47-,48-,49-,50+,51+,52-,53+,54+,57-,58+,59+,60+/m1/s1. The molecule has 516 valence electrons. The van der Waals surface area contributed by atoms with Crippen molar-refractivity contribution in [3.63, 3.8) is 0 Å². The van der Waals surface area contributed by atoms with Gasteiger partial charge in [-0.1, -0.05) is 59.6 Å². The number of methoxy groups -OCH3 is 1. The van der Waals surface area contributed by atoms with Crippen molar-refractivity contribution in [2.45, 2.75) is 273 Å². The molecule has 4 aliphatic carbocycles. The van der Waals surface area contributed by atoms with Crippen LogP contribution >= 0.6 is 0 Å². The first-order valence-electron chi connectivity index (χ1n) is 31.6. The molecule has 90 heavy (non-hydrogen) atoms. The molecule has 30 heteroatoms. The molecule has 31 atom stereocenters. The van der Waals surface area contributed by atoms with E-state index in [2.05, 4.69) is 47.6 Å². The van der Waals surface area contributed by atoms with Crippen LogP contribution in [0.25, 0.3) is 0 Å². The summed E-state index contributed by atoms with van der Waals surface area (Å²) in [5.41, 5.74) is -2.36. The fourth-order valence-electron chi connectivity index (χ4n) is 17.7. The normalized spacial score (nSPS) is 50.3. The predicted octanol–water partition coefficient (Wildman–Crippen LogP) is -0.837. The Morgan fingerprint density at radius 2 is 1.32 bits per heavy atom. The highest BCUT2D eigenvalue weighted by atomic mass is 32.3. The smallest absolute Gasteiger partial charge is 0.397 e. The van der Waals surface area contributed by atoms with Crippen LogP contribution in [0.1, 0.15) is 120 Å². The van der Waals surface area contributed by atoms with E-state index in [0.29, 0.717) is 50.9 Å². The molecule has 0 aromatic heterocycles. The maximum atomic E-state index is 14.8. The Balaban J connectivity index is 0.904. The molecule has 29 nitrogen and oxygen atoms in total. The summed E-state index contributed by atoms with van der Waals surface area (Å²) >= 11 is 0. The molecule has 0 aromatic rings. The Morgan fingerprint density at radius 1 is 0.700 bits per heavy atom. The summed E-state index contributed by atoms with van der Waals surface area (Å²) in [5.74, 6) is -0.620. The number of carbonyl (C=O) groups excluding carboxylic acids is 2. The van der Waals surface area contributed by atoms with Crippen LogP contribution in [0.5, 0.6) is 0 Å². The van der Waals surface area contributed by atoms with Crippen LogP contribution in [0.2, 0.25) is 0 Å². The first-order valence-corrected chi connectivity index (χ1v) is 33.0. The molecule has 0 radical (unpaired) electrons. The first-order chi connectivity index (χ1) is 42.2. The summed E-state index contributed by atoms with van der Waals surface area (Å²) in [6.45, 7) is 15.2. The lowest BCUT2D eigenvalue weighted by atomic mass is 9.41. The van der Waals surface area contributed by atoms with Crippen LogP contribution in [0.3, 0.4) is 0 Å². The van der Waals surface area contributed by atoms with Gasteiger partial charge in [0.25, 0.3) is 0 Å². The van der Waals surface area contributed by atoms with E-state index in [0.717, 1.165) is 12.8 Å². The number of aliphatic hydroxyl groups is 10. The van der Waals surface area contributed by atoms with Crippen molar-refractivity contribution in [3.8, 4) is 0 Å². The molecule has 1 spiro atoms. The summed E-state index contributed by atoms with van der Waals surface area (Å²) in [6.07, 6.45) is -30.9. The molecule has 11 N–H and O–H groups in total. The molecule has 10 rings (SSSR count). The Bertz CT molecular complexity index is 2670. The van der Waals surface area contributed by atoms with Crippen molar-refractivity contribution >= 4 is 22.3 Å². The third kappa shape index (κ3) is 12.6. The van der Waals surface area contributed by atoms with Crippen molar-refractivity contribution in [2.75, 3.05) is 33.5 Å². The van der Waals surface area contributed by atoms with Crippen LogP contribution in [-0.2, 0) is 85.8 Å². The molecule has 0 amide bonds. The zero-order valence-corrected chi connectivity index (χ0v) is 53.4. The van der Waals surface area contributed by atoms with Gasteiger partial charge in [-0.3, -0.25) is 14.1 Å². The van der Waals surface area contributed by atoms with Crippen molar-refractivity contribution in [1.82, 2.24) is 0 Å².